The minimum atomic E-state index is -1.89. The van der Waals surface area contributed by atoms with Crippen molar-refractivity contribution in [2.24, 2.45) is 17.8 Å². The van der Waals surface area contributed by atoms with E-state index in [0.717, 1.165) is 5.56 Å². The fraction of sp³-hybridized carbons (Fsp3) is 0.582. The predicted octanol–water partition coefficient (Wildman–Crippen LogP) is 8.87. The highest BCUT2D eigenvalue weighted by Gasteiger charge is 2.51. The number of amides is 1. The third kappa shape index (κ3) is 16.5. The molecule has 87 heavy (non-hydrogen) atoms. The maximum Gasteiger partial charge on any atom is 0.316 e. The molecule has 3 fully saturated rings. The number of carbonyl (C=O) groups excluding carboxylic acids is 6. The van der Waals surface area contributed by atoms with E-state index in [9.17, 15) is 48.5 Å². The lowest BCUT2D eigenvalue weighted by Gasteiger charge is -2.46. The number of esters is 4. The summed E-state index contributed by atoms with van der Waals surface area (Å²) in [6.07, 6.45) is -8.55. The second-order valence-electron chi connectivity index (χ2n) is 25.3. The van der Waals surface area contributed by atoms with Crippen LogP contribution in [0.5, 0.6) is 0 Å². The van der Waals surface area contributed by atoms with Gasteiger partial charge in [0.1, 0.15) is 41.8 Å². The van der Waals surface area contributed by atoms with E-state index in [0.29, 0.717) is 46.7 Å². The molecular formula is C67H91FN4O15. The number of aliphatic hydroxyl groups excluding tert-OH is 1. The second kappa shape index (κ2) is 29.3. The highest BCUT2D eigenvalue weighted by Crippen LogP contribution is 2.44. The number of ketones is 1. The molecule has 0 saturated carbocycles. The number of aliphatic hydroxyl groups is 3. The van der Waals surface area contributed by atoms with Crippen molar-refractivity contribution < 1.29 is 76.9 Å². The number of Topliss-reactive ketones (excluding diaryl/α,β-unsaturated/α-hetero) is 1. The molecule has 19 nitrogen and oxygen atoms in total. The third-order valence-corrected chi connectivity index (χ3v) is 17.5. The highest BCUT2D eigenvalue weighted by molar-refractivity contribution is 6.12. The molecule has 0 spiro atoms. The first-order chi connectivity index (χ1) is 41.0. The number of aromatic nitrogens is 1. The van der Waals surface area contributed by atoms with Gasteiger partial charge in [-0.15, -0.1) is 0 Å². The van der Waals surface area contributed by atoms with E-state index in [4.69, 9.17) is 28.4 Å². The number of hydrogen-bond acceptors (Lipinski definition) is 17. The van der Waals surface area contributed by atoms with Crippen molar-refractivity contribution in [3.05, 3.63) is 102 Å². The number of rotatable bonds is 17. The molecule has 15 atom stereocenters. The number of ether oxygens (including phenoxy) is 6. The Labute approximate surface area is 511 Å². The van der Waals surface area contributed by atoms with Crippen molar-refractivity contribution in [3.8, 4) is 22.4 Å². The Bertz CT molecular complexity index is 3010. The van der Waals surface area contributed by atoms with E-state index in [1.54, 1.807) is 66.2 Å². The van der Waals surface area contributed by atoms with Crippen LogP contribution in [0.4, 0.5) is 10.1 Å². The van der Waals surface area contributed by atoms with Gasteiger partial charge in [0.25, 0.3) is 5.91 Å². The number of nitrogens with one attached hydrogen (secondary N) is 1. The molecule has 7 rings (SSSR count). The van der Waals surface area contributed by atoms with Crippen LogP contribution in [0.2, 0.25) is 0 Å². The predicted molar refractivity (Wildman–Crippen MR) is 324 cm³/mol. The monoisotopic (exact) mass is 1210 g/mol. The van der Waals surface area contributed by atoms with E-state index in [1.165, 1.54) is 32.9 Å². The van der Waals surface area contributed by atoms with Crippen molar-refractivity contribution in [1.29, 1.82) is 0 Å². The zero-order chi connectivity index (χ0) is 63.8. The van der Waals surface area contributed by atoms with Crippen LogP contribution >= 0.6 is 0 Å². The summed E-state index contributed by atoms with van der Waals surface area (Å²) >= 11 is 0. The van der Waals surface area contributed by atoms with Crippen LogP contribution in [0.15, 0.2) is 84.9 Å². The Balaban J connectivity index is 1.07. The first-order valence-electron chi connectivity index (χ1n) is 30.6. The molecule has 4 N–H and O–H groups in total. The van der Waals surface area contributed by atoms with Gasteiger partial charge in [0.2, 0.25) is 0 Å². The summed E-state index contributed by atoms with van der Waals surface area (Å²) in [5, 5.41) is 38.7. The summed E-state index contributed by atoms with van der Waals surface area (Å²) in [4.78, 5) is 87.5. The molecule has 4 heterocycles. The van der Waals surface area contributed by atoms with Crippen LogP contribution in [-0.2, 0) is 58.9 Å². The molecule has 1 aromatic heterocycles. The second-order valence-corrected chi connectivity index (χ2v) is 25.3. The smallest absolute Gasteiger partial charge is 0.316 e. The number of anilines is 1. The molecule has 1 amide bonds. The van der Waals surface area contributed by atoms with Crippen molar-refractivity contribution in [1.82, 2.24) is 14.4 Å². The molecule has 0 aliphatic carbocycles. The zero-order valence-corrected chi connectivity index (χ0v) is 52.7. The Morgan fingerprint density at radius 3 is 2.08 bits per heavy atom. The van der Waals surface area contributed by atoms with Gasteiger partial charge < -0.3 is 63.4 Å². The van der Waals surface area contributed by atoms with Gasteiger partial charge in [-0.2, -0.15) is 0 Å². The molecule has 0 bridgehead atoms. The number of benzene rings is 3. The van der Waals surface area contributed by atoms with Gasteiger partial charge in [-0.25, -0.2) is 4.39 Å². The van der Waals surface area contributed by atoms with Crippen LogP contribution in [0.25, 0.3) is 22.4 Å². The number of para-hydroxylation sites is 1. The summed E-state index contributed by atoms with van der Waals surface area (Å²) in [5.74, 6) is -7.50. The normalized spacial score (nSPS) is 30.7. The topological polar surface area (TPSA) is 242 Å². The third-order valence-electron chi connectivity index (χ3n) is 17.5. The number of carbonyl (C=O) groups is 6. The minimum Gasteiger partial charge on any atom is -0.462 e. The Morgan fingerprint density at radius 2 is 1.47 bits per heavy atom. The molecule has 1 unspecified atom stereocenters. The van der Waals surface area contributed by atoms with Crippen LogP contribution in [-0.4, -0.2) is 165 Å². The maximum absolute atomic E-state index is 14.6. The van der Waals surface area contributed by atoms with E-state index in [-0.39, 0.29) is 56.4 Å². The van der Waals surface area contributed by atoms with Crippen molar-refractivity contribution in [2.45, 2.75) is 205 Å². The summed E-state index contributed by atoms with van der Waals surface area (Å²) < 4.78 is 53.4. The molecule has 3 aromatic carbocycles. The lowest BCUT2D eigenvalue weighted by atomic mass is 9.78. The number of halogens is 1. The first-order valence-corrected chi connectivity index (χ1v) is 30.6. The summed E-state index contributed by atoms with van der Waals surface area (Å²) in [6.45, 7) is 17.6. The zero-order valence-electron chi connectivity index (χ0n) is 52.7. The largest absolute Gasteiger partial charge is 0.462 e. The number of nitrogens with zero attached hydrogens (tertiary/aromatic N) is 3. The van der Waals surface area contributed by atoms with Gasteiger partial charge in [0.15, 0.2) is 18.2 Å². The quantitative estimate of drug-likeness (QED) is 0.0438. The lowest BCUT2D eigenvalue weighted by Crippen LogP contribution is -2.60. The molecule has 3 aliphatic heterocycles. The molecule has 4 aromatic rings. The number of hydrogen-bond donors (Lipinski definition) is 4. The van der Waals surface area contributed by atoms with Gasteiger partial charge in [-0.05, 0) is 134 Å². The number of cyclic esters (lactones) is 2. The molecular weight excluding hydrogens is 1120 g/mol. The lowest BCUT2D eigenvalue weighted by molar-refractivity contribution is -0.296. The Morgan fingerprint density at radius 1 is 0.851 bits per heavy atom. The average Bonchev–Trinajstić information content (AvgIpc) is 1.68. The first kappa shape index (κ1) is 68.1. The van der Waals surface area contributed by atoms with Gasteiger partial charge in [0.05, 0.1) is 54.4 Å². The molecule has 3 aliphatic rings. The van der Waals surface area contributed by atoms with Gasteiger partial charge >= 0.3 is 23.9 Å². The van der Waals surface area contributed by atoms with E-state index in [2.05, 4.69) is 5.32 Å². The molecule has 476 valence electrons. The molecule has 20 heteroatoms. The molecule has 0 radical (unpaired) electrons. The Kier molecular flexibility index (Phi) is 22.9. The van der Waals surface area contributed by atoms with Crippen LogP contribution in [0, 0.1) is 23.6 Å². The van der Waals surface area contributed by atoms with E-state index < -0.39 is 132 Å². The fourth-order valence-electron chi connectivity index (χ4n) is 12.9. The fourth-order valence-corrected chi connectivity index (χ4v) is 12.9. The van der Waals surface area contributed by atoms with Gasteiger partial charge in [0, 0.05) is 54.8 Å². The van der Waals surface area contributed by atoms with Crippen LogP contribution in [0.3, 0.4) is 0 Å². The SMILES string of the molecule is CC[C@H]1OC(=O)[C@H](C)C(=O)[C@H](C)[C@@H](O[C@@H]2O[C@H](C)CC(N(C)C)[C@H]2OC(=O)CCC(=O)O[C@@H]2CC(=O)O[C@@H](CCn3c(-c4ccc(F)cc4)c(-c4ccccc4)c(C(=O)Nc4ccccc4)c3C(C)C)C2)[C@](C)(O)C[C@@H](C)CN(C)[C@H](C)[C@@H](O)[C@]1(C)O. The van der Waals surface area contributed by atoms with Gasteiger partial charge in [-0.3, -0.25) is 28.8 Å². The van der Waals surface area contributed by atoms with Crippen molar-refractivity contribution >= 4 is 41.3 Å². The summed E-state index contributed by atoms with van der Waals surface area (Å²) in [6, 6.07) is 23.6. The van der Waals surface area contributed by atoms with Crippen molar-refractivity contribution in [3.63, 3.8) is 0 Å². The van der Waals surface area contributed by atoms with E-state index >= 15 is 0 Å². The maximum atomic E-state index is 14.6. The van der Waals surface area contributed by atoms with Crippen LogP contribution in [0.1, 0.15) is 143 Å². The molecule has 3 saturated heterocycles. The van der Waals surface area contributed by atoms with Gasteiger partial charge in [-0.1, -0.05) is 83.1 Å². The van der Waals surface area contributed by atoms with Crippen molar-refractivity contribution in [2.75, 3.05) is 33.0 Å². The Hall–Kier alpha value is -6.39. The summed E-state index contributed by atoms with van der Waals surface area (Å²) in [7, 11) is 5.38. The van der Waals surface area contributed by atoms with E-state index in [1.807, 2.05) is 90.6 Å². The summed E-state index contributed by atoms with van der Waals surface area (Å²) in [5.41, 5.74) is 0.838. The standard InChI is InChI=1S/C67H91FN4O15/c1-14-51-67(10,81)61(77)43(8)71(13)37-39(4)36-66(9,80)62(41(6)59(76)42(7)64(79)85-51)87-65-60(50(70(11)12)33-40(5)82-65)86-53(74)30-29-52(73)84-49-34-48(83-54(75)35-49)31-32-72-57(38(2)3)56(63(78)69-47-23-19-16-20-24-47)55(44-21-17-15-18-22-44)58(72)45-25-27-46(68)28-26-45/h15-28,38-43,48-51,60-62,65,77,80-81H,14,29-37H2,1-13H3,(H,69,78)/t39-,40-,41+,42-,43-,48+,49+,50?,51-,60-,61-,62-,65+,66-,67-/m1/s1. The average molecular weight is 1210 g/mol. The minimum absolute atomic E-state index is 0.0669. The highest BCUT2D eigenvalue weighted by atomic mass is 19.1. The number of likely N-dealkylation sites (N-methyl/N-ethyl adjacent to an activating group) is 2. The van der Waals surface area contributed by atoms with Crippen LogP contribution < -0.4 is 5.32 Å².